The van der Waals surface area contributed by atoms with Crippen molar-refractivity contribution in [1.29, 1.82) is 0 Å². The lowest BCUT2D eigenvalue weighted by molar-refractivity contribution is -0.140. The summed E-state index contributed by atoms with van der Waals surface area (Å²) in [5, 5.41) is 11.2. The number of hydrogen-bond donors (Lipinski definition) is 1. The van der Waals surface area contributed by atoms with E-state index >= 15 is 0 Å². The Morgan fingerprint density at radius 1 is 1.12 bits per heavy atom. The van der Waals surface area contributed by atoms with Crippen LogP contribution in [0.3, 0.4) is 0 Å². The maximum absolute atomic E-state index is 13.1. The van der Waals surface area contributed by atoms with Crippen molar-refractivity contribution in [3.05, 3.63) is 64.7 Å². The van der Waals surface area contributed by atoms with E-state index in [1.54, 1.807) is 25.3 Å². The van der Waals surface area contributed by atoms with E-state index < -0.39 is 17.7 Å². The Morgan fingerprint density at radius 3 is 2.33 bits per heavy atom. The van der Waals surface area contributed by atoms with Crippen molar-refractivity contribution in [2.75, 3.05) is 39.3 Å². The van der Waals surface area contributed by atoms with E-state index in [1.807, 2.05) is 64.0 Å². The maximum Gasteiger partial charge on any atom is 0.295 e. The standard InChI is InChI=1S/C26H32N2O5/c1-16(2)33-14-13-28-23(18-7-10-20(11-8-18)27(4)5)22(25(30)26(28)31)24(29)19-9-12-21(32-6)17(3)15-19/h7-12,15-16,23,29H,13-14H2,1-6H3/b24-22-. The molecule has 1 atom stereocenters. The number of ketones is 1. The molecular weight excluding hydrogens is 420 g/mol. The van der Waals surface area contributed by atoms with Crippen LogP contribution in [0, 0.1) is 6.92 Å². The molecule has 0 spiro atoms. The molecule has 7 nitrogen and oxygen atoms in total. The summed E-state index contributed by atoms with van der Waals surface area (Å²) in [6.45, 7) is 6.21. The van der Waals surface area contributed by atoms with Gasteiger partial charge in [0.2, 0.25) is 0 Å². The lowest BCUT2D eigenvalue weighted by Gasteiger charge is -2.26. The smallest absolute Gasteiger partial charge is 0.295 e. The van der Waals surface area contributed by atoms with Crippen LogP contribution in [-0.2, 0) is 14.3 Å². The van der Waals surface area contributed by atoms with Gasteiger partial charge in [0.1, 0.15) is 11.5 Å². The number of anilines is 1. The quantitative estimate of drug-likeness (QED) is 0.372. The van der Waals surface area contributed by atoms with Crippen molar-refractivity contribution < 1.29 is 24.2 Å². The Bertz CT molecular complexity index is 1060. The molecule has 0 radical (unpaired) electrons. The van der Waals surface area contributed by atoms with Gasteiger partial charge in [0.05, 0.1) is 31.4 Å². The summed E-state index contributed by atoms with van der Waals surface area (Å²) in [6, 6.07) is 12.1. The molecular formula is C26H32N2O5. The second-order valence-electron chi connectivity index (χ2n) is 8.58. The first-order valence-electron chi connectivity index (χ1n) is 11.0. The largest absolute Gasteiger partial charge is 0.507 e. The summed E-state index contributed by atoms with van der Waals surface area (Å²) in [5.41, 5.74) is 3.08. The van der Waals surface area contributed by atoms with E-state index in [1.165, 1.54) is 4.90 Å². The average Bonchev–Trinajstić information content (AvgIpc) is 3.03. The van der Waals surface area contributed by atoms with Crippen molar-refractivity contribution in [2.45, 2.75) is 32.9 Å². The van der Waals surface area contributed by atoms with E-state index in [2.05, 4.69) is 0 Å². The number of likely N-dealkylation sites (tertiary alicyclic amines) is 1. The van der Waals surface area contributed by atoms with Crippen molar-refractivity contribution in [2.24, 2.45) is 0 Å². The van der Waals surface area contributed by atoms with Gasteiger partial charge in [0.15, 0.2) is 0 Å². The number of ether oxygens (including phenoxy) is 2. The third-order valence-corrected chi connectivity index (χ3v) is 5.72. The van der Waals surface area contributed by atoms with Gasteiger partial charge in [-0.25, -0.2) is 0 Å². The first kappa shape index (κ1) is 24.3. The summed E-state index contributed by atoms with van der Waals surface area (Å²) < 4.78 is 10.9. The molecule has 7 heteroatoms. The highest BCUT2D eigenvalue weighted by Crippen LogP contribution is 2.40. The fourth-order valence-corrected chi connectivity index (χ4v) is 3.98. The number of aliphatic hydroxyl groups excluding tert-OH is 1. The number of carbonyl (C=O) groups is 2. The average molecular weight is 453 g/mol. The number of amides is 1. The lowest BCUT2D eigenvalue weighted by atomic mass is 9.94. The van der Waals surface area contributed by atoms with Crippen LogP contribution in [0.1, 0.15) is 36.6 Å². The molecule has 2 aromatic carbocycles. The highest BCUT2D eigenvalue weighted by molar-refractivity contribution is 6.46. The molecule has 0 bridgehead atoms. The molecule has 1 heterocycles. The van der Waals surface area contributed by atoms with Crippen LogP contribution in [-0.4, -0.2) is 62.2 Å². The number of aryl methyl sites for hydroxylation is 1. The number of hydrogen-bond acceptors (Lipinski definition) is 6. The second-order valence-corrected chi connectivity index (χ2v) is 8.58. The van der Waals surface area contributed by atoms with E-state index in [4.69, 9.17) is 9.47 Å². The van der Waals surface area contributed by atoms with Crippen LogP contribution >= 0.6 is 0 Å². The third kappa shape index (κ3) is 5.03. The molecule has 1 aliphatic heterocycles. The Morgan fingerprint density at radius 2 is 1.79 bits per heavy atom. The molecule has 33 heavy (non-hydrogen) atoms. The minimum atomic E-state index is -0.709. The number of nitrogens with zero attached hydrogens (tertiary/aromatic N) is 2. The number of aliphatic hydroxyl groups is 1. The number of carbonyl (C=O) groups excluding carboxylic acids is 2. The zero-order valence-corrected chi connectivity index (χ0v) is 20.1. The Hall–Kier alpha value is -3.32. The topological polar surface area (TPSA) is 79.3 Å². The summed E-state index contributed by atoms with van der Waals surface area (Å²) in [4.78, 5) is 29.6. The van der Waals surface area contributed by atoms with Gasteiger partial charge in [0.25, 0.3) is 11.7 Å². The molecule has 1 unspecified atom stereocenters. The van der Waals surface area contributed by atoms with E-state index in [0.29, 0.717) is 17.9 Å². The Kier molecular flexibility index (Phi) is 7.43. The molecule has 1 amide bonds. The van der Waals surface area contributed by atoms with E-state index in [-0.39, 0.29) is 24.0 Å². The minimum absolute atomic E-state index is 0.00178. The highest BCUT2D eigenvalue weighted by atomic mass is 16.5. The van der Waals surface area contributed by atoms with Gasteiger partial charge in [0, 0.05) is 31.9 Å². The molecule has 2 aromatic rings. The van der Waals surface area contributed by atoms with Crippen LogP contribution in [0.25, 0.3) is 5.76 Å². The highest BCUT2D eigenvalue weighted by Gasteiger charge is 2.45. The van der Waals surface area contributed by atoms with Crippen LogP contribution in [0.15, 0.2) is 48.0 Å². The van der Waals surface area contributed by atoms with Gasteiger partial charge in [-0.05, 0) is 62.2 Å². The van der Waals surface area contributed by atoms with E-state index in [0.717, 1.165) is 16.8 Å². The minimum Gasteiger partial charge on any atom is -0.507 e. The number of benzene rings is 2. The number of rotatable bonds is 8. The predicted octanol–water partition coefficient (Wildman–Crippen LogP) is 3.92. The van der Waals surface area contributed by atoms with Crippen molar-refractivity contribution >= 4 is 23.1 Å². The normalized spacial score (nSPS) is 17.7. The monoisotopic (exact) mass is 452 g/mol. The Balaban J connectivity index is 2.10. The SMILES string of the molecule is COc1ccc(/C(O)=C2/C(=O)C(=O)N(CCOC(C)C)C2c2ccc(N(C)C)cc2)cc1C. The third-order valence-electron chi connectivity index (χ3n) is 5.72. The van der Waals surface area contributed by atoms with E-state index in [9.17, 15) is 14.7 Å². The van der Waals surface area contributed by atoms with Crippen LogP contribution in [0.2, 0.25) is 0 Å². The predicted molar refractivity (Wildman–Crippen MR) is 129 cm³/mol. The summed E-state index contributed by atoms with van der Waals surface area (Å²) >= 11 is 0. The van der Waals surface area contributed by atoms with Crippen molar-refractivity contribution in [3.8, 4) is 5.75 Å². The Labute approximate surface area is 195 Å². The van der Waals surface area contributed by atoms with Gasteiger partial charge >= 0.3 is 0 Å². The first-order chi connectivity index (χ1) is 15.6. The summed E-state index contributed by atoms with van der Waals surface area (Å²) in [6.07, 6.45) is 0.00178. The van der Waals surface area contributed by atoms with Gasteiger partial charge in [-0.15, -0.1) is 0 Å². The molecule has 1 N–H and O–H groups in total. The summed E-state index contributed by atoms with van der Waals surface area (Å²) in [5.74, 6) is -0.871. The van der Waals surface area contributed by atoms with Crippen LogP contribution < -0.4 is 9.64 Å². The molecule has 0 saturated carbocycles. The molecule has 1 fully saturated rings. The fraction of sp³-hybridized carbons (Fsp3) is 0.385. The van der Waals surface area contributed by atoms with Crippen molar-refractivity contribution in [1.82, 2.24) is 4.90 Å². The van der Waals surface area contributed by atoms with Gasteiger partial charge < -0.3 is 24.4 Å². The van der Waals surface area contributed by atoms with Crippen molar-refractivity contribution in [3.63, 3.8) is 0 Å². The maximum atomic E-state index is 13.1. The van der Waals surface area contributed by atoms with Gasteiger partial charge in [-0.3, -0.25) is 9.59 Å². The zero-order chi connectivity index (χ0) is 24.3. The molecule has 3 rings (SSSR count). The van der Waals surface area contributed by atoms with Gasteiger partial charge in [-0.2, -0.15) is 0 Å². The molecule has 0 aromatic heterocycles. The lowest BCUT2D eigenvalue weighted by Crippen LogP contribution is -2.33. The summed E-state index contributed by atoms with van der Waals surface area (Å²) in [7, 11) is 5.46. The molecule has 1 aliphatic rings. The second kappa shape index (κ2) is 10.1. The van der Waals surface area contributed by atoms with Crippen LogP contribution in [0.4, 0.5) is 5.69 Å². The molecule has 176 valence electrons. The zero-order valence-electron chi connectivity index (χ0n) is 20.1. The van der Waals surface area contributed by atoms with Gasteiger partial charge in [-0.1, -0.05) is 12.1 Å². The van der Waals surface area contributed by atoms with Crippen LogP contribution in [0.5, 0.6) is 5.75 Å². The molecule has 0 aliphatic carbocycles. The first-order valence-corrected chi connectivity index (χ1v) is 11.0. The number of Topliss-reactive ketones (excluding diaryl/α,β-unsaturated/α-hetero) is 1. The molecule has 1 saturated heterocycles. The number of methoxy groups -OCH3 is 1. The fourth-order valence-electron chi connectivity index (χ4n) is 3.98.